The van der Waals surface area contributed by atoms with Crippen LogP contribution >= 0.6 is 46.4 Å². The van der Waals surface area contributed by atoms with Crippen molar-refractivity contribution in [3.8, 4) is 0 Å². The quantitative estimate of drug-likeness (QED) is 0.763. The Balaban J connectivity index is 2.02. The molecule has 3 nitrogen and oxygen atoms in total. The van der Waals surface area contributed by atoms with Gasteiger partial charge in [-0.2, -0.15) is 0 Å². The fourth-order valence-electron chi connectivity index (χ4n) is 2.30. The van der Waals surface area contributed by atoms with Crippen molar-refractivity contribution in [1.82, 2.24) is 0 Å². The van der Waals surface area contributed by atoms with Crippen molar-refractivity contribution in [1.29, 1.82) is 0 Å². The third-order valence-electron chi connectivity index (χ3n) is 3.53. The smallest absolute Gasteiger partial charge is 0.279 e. The van der Waals surface area contributed by atoms with Crippen molar-refractivity contribution >= 4 is 58.0 Å². The minimum absolute atomic E-state index is 0.181. The number of benzene rings is 2. The van der Waals surface area contributed by atoms with E-state index >= 15 is 0 Å². The minimum Gasteiger partial charge on any atom is -0.326 e. The summed E-state index contributed by atoms with van der Waals surface area (Å²) in [4.78, 5) is 13.2. The molecule has 0 aromatic heterocycles. The van der Waals surface area contributed by atoms with Crippen molar-refractivity contribution in [2.24, 2.45) is 0 Å². The zero-order valence-corrected chi connectivity index (χ0v) is 16.2. The zero-order valence-electron chi connectivity index (χ0n) is 13.2. The maximum atomic E-state index is 12.3. The summed E-state index contributed by atoms with van der Waals surface area (Å²) in [6.07, 6.45) is 0. The largest absolute Gasteiger partial charge is 0.326 e. The zero-order chi connectivity index (χ0) is 17.9. The molecule has 2 rings (SSSR count). The predicted octanol–water partition coefficient (Wildman–Crippen LogP) is 4.26. The Kier molecular flexibility index (Phi) is 6.79. The van der Waals surface area contributed by atoms with Crippen LogP contribution < -0.4 is 10.2 Å². The van der Waals surface area contributed by atoms with Gasteiger partial charge in [0.25, 0.3) is 5.91 Å². The Morgan fingerprint density at radius 1 is 1.04 bits per heavy atom. The highest BCUT2D eigenvalue weighted by atomic mass is 35.5. The SMILES string of the molecule is Cc1ccc(Cl)c(NC(=O)C[NH+](C)Cc2cccc(Cl)c2Cl)c1Cl. The number of quaternary nitrogens is 1. The Labute approximate surface area is 161 Å². The van der Waals surface area contributed by atoms with E-state index in [-0.39, 0.29) is 12.5 Å². The number of nitrogens with one attached hydrogen (secondary N) is 2. The van der Waals surface area contributed by atoms with E-state index in [1.54, 1.807) is 18.2 Å². The van der Waals surface area contributed by atoms with Crippen LogP contribution in [0.1, 0.15) is 11.1 Å². The van der Waals surface area contributed by atoms with Crippen LogP contribution in [0.5, 0.6) is 0 Å². The first-order valence-corrected chi connectivity index (χ1v) is 8.79. The summed E-state index contributed by atoms with van der Waals surface area (Å²) in [5, 5.41) is 4.66. The summed E-state index contributed by atoms with van der Waals surface area (Å²) < 4.78 is 0. The van der Waals surface area contributed by atoms with Crippen LogP contribution in [-0.4, -0.2) is 19.5 Å². The van der Waals surface area contributed by atoms with E-state index in [1.165, 1.54) is 0 Å². The fourth-order valence-corrected chi connectivity index (χ4v) is 3.15. The van der Waals surface area contributed by atoms with Gasteiger partial charge in [-0.1, -0.05) is 64.6 Å². The molecule has 0 bridgehead atoms. The van der Waals surface area contributed by atoms with Gasteiger partial charge in [0.2, 0.25) is 0 Å². The predicted molar refractivity (Wildman–Crippen MR) is 102 cm³/mol. The molecule has 2 aromatic rings. The number of carbonyl (C=O) groups excluding carboxylic acids is 1. The van der Waals surface area contributed by atoms with Crippen LogP contribution in [0.2, 0.25) is 20.1 Å². The monoisotopic (exact) mass is 405 g/mol. The average Bonchev–Trinajstić information content (AvgIpc) is 2.52. The van der Waals surface area contributed by atoms with Crippen LogP contribution in [0.4, 0.5) is 5.69 Å². The molecule has 0 aliphatic heterocycles. The van der Waals surface area contributed by atoms with Crippen LogP contribution in [-0.2, 0) is 11.3 Å². The Hall–Kier alpha value is -0.970. The van der Waals surface area contributed by atoms with E-state index in [4.69, 9.17) is 46.4 Å². The third kappa shape index (κ3) is 4.78. The molecule has 1 atom stereocenters. The van der Waals surface area contributed by atoms with Gasteiger partial charge in [-0.3, -0.25) is 4.79 Å². The Morgan fingerprint density at radius 2 is 1.75 bits per heavy atom. The van der Waals surface area contributed by atoms with Crippen molar-refractivity contribution in [2.75, 3.05) is 18.9 Å². The van der Waals surface area contributed by atoms with E-state index in [9.17, 15) is 4.79 Å². The average molecular weight is 407 g/mol. The van der Waals surface area contributed by atoms with Crippen LogP contribution in [0.25, 0.3) is 0 Å². The van der Waals surface area contributed by atoms with Gasteiger partial charge >= 0.3 is 0 Å². The molecule has 24 heavy (non-hydrogen) atoms. The number of rotatable bonds is 5. The summed E-state index contributed by atoms with van der Waals surface area (Å²) in [5.41, 5.74) is 2.18. The number of carbonyl (C=O) groups is 1. The molecule has 0 fully saturated rings. The first-order valence-electron chi connectivity index (χ1n) is 7.28. The van der Waals surface area contributed by atoms with Gasteiger partial charge in [-0.25, -0.2) is 0 Å². The molecule has 0 aliphatic carbocycles. The highest BCUT2D eigenvalue weighted by Gasteiger charge is 2.16. The molecule has 0 spiro atoms. The second-order valence-corrected chi connectivity index (χ2v) is 7.20. The molecule has 2 aromatic carbocycles. The van der Waals surface area contributed by atoms with Gasteiger partial charge in [0.1, 0.15) is 6.54 Å². The summed E-state index contributed by atoms with van der Waals surface area (Å²) in [7, 11) is 1.90. The Morgan fingerprint density at radius 3 is 2.46 bits per heavy atom. The molecule has 0 heterocycles. The number of aryl methyl sites for hydroxylation is 1. The molecular weight excluding hydrogens is 390 g/mol. The molecule has 0 radical (unpaired) electrons. The lowest BCUT2D eigenvalue weighted by Gasteiger charge is -2.16. The lowest BCUT2D eigenvalue weighted by molar-refractivity contribution is -0.885. The number of hydrogen-bond acceptors (Lipinski definition) is 1. The number of anilines is 1. The third-order valence-corrected chi connectivity index (χ3v) is 5.19. The Bertz CT molecular complexity index is 764. The highest BCUT2D eigenvalue weighted by Crippen LogP contribution is 2.32. The number of amides is 1. The second-order valence-electron chi connectivity index (χ2n) is 5.63. The van der Waals surface area contributed by atoms with Gasteiger partial charge in [0.15, 0.2) is 6.54 Å². The fraction of sp³-hybridized carbons (Fsp3) is 0.235. The molecule has 0 saturated heterocycles. The summed E-state index contributed by atoms with van der Waals surface area (Å²) in [6, 6.07) is 8.98. The summed E-state index contributed by atoms with van der Waals surface area (Å²) >= 11 is 24.5. The van der Waals surface area contributed by atoms with Gasteiger partial charge in [-0.05, 0) is 24.6 Å². The molecule has 0 saturated carbocycles. The van der Waals surface area contributed by atoms with Crippen LogP contribution in [0.15, 0.2) is 30.3 Å². The van der Waals surface area contributed by atoms with Gasteiger partial charge in [0.05, 0.1) is 32.8 Å². The van der Waals surface area contributed by atoms with E-state index in [2.05, 4.69) is 5.32 Å². The molecule has 7 heteroatoms. The standard InChI is InChI=1S/C17H16Cl4N2O/c1-10-6-7-13(19)17(15(10)20)22-14(24)9-23(2)8-11-4-3-5-12(18)16(11)21/h3-7H,8-9H2,1-2H3,(H,22,24)/p+1. The molecule has 1 amide bonds. The topological polar surface area (TPSA) is 33.5 Å². The first-order chi connectivity index (χ1) is 11.3. The first kappa shape index (κ1) is 19.4. The van der Waals surface area contributed by atoms with Crippen molar-refractivity contribution < 1.29 is 9.69 Å². The van der Waals surface area contributed by atoms with Gasteiger partial charge < -0.3 is 10.2 Å². The van der Waals surface area contributed by atoms with E-state index in [0.717, 1.165) is 16.0 Å². The van der Waals surface area contributed by atoms with Crippen molar-refractivity contribution in [3.63, 3.8) is 0 Å². The normalized spacial score (nSPS) is 12.1. The molecule has 0 aliphatic rings. The van der Waals surface area contributed by atoms with E-state index in [1.807, 2.05) is 26.1 Å². The lowest BCUT2D eigenvalue weighted by Crippen LogP contribution is -3.08. The molecular formula is C17H17Cl4N2O+. The lowest BCUT2D eigenvalue weighted by atomic mass is 10.2. The van der Waals surface area contributed by atoms with Crippen LogP contribution in [0.3, 0.4) is 0 Å². The van der Waals surface area contributed by atoms with Crippen molar-refractivity contribution in [2.45, 2.75) is 13.5 Å². The van der Waals surface area contributed by atoms with Crippen molar-refractivity contribution in [3.05, 3.63) is 61.5 Å². The van der Waals surface area contributed by atoms with Gasteiger partial charge in [0, 0.05) is 5.56 Å². The number of hydrogen-bond donors (Lipinski definition) is 2. The summed E-state index contributed by atoms with van der Waals surface area (Å²) in [6.45, 7) is 2.67. The molecule has 1 unspecified atom stereocenters. The molecule has 2 N–H and O–H groups in total. The van der Waals surface area contributed by atoms with E-state index < -0.39 is 0 Å². The van der Waals surface area contributed by atoms with Crippen LogP contribution in [0, 0.1) is 6.92 Å². The maximum absolute atomic E-state index is 12.3. The molecule has 128 valence electrons. The highest BCUT2D eigenvalue weighted by molar-refractivity contribution is 6.42. The number of likely N-dealkylation sites (N-methyl/N-ethyl adjacent to an activating group) is 1. The minimum atomic E-state index is -0.181. The van der Waals surface area contributed by atoms with E-state index in [0.29, 0.717) is 32.3 Å². The number of halogens is 4. The second kappa shape index (κ2) is 8.41. The van der Waals surface area contributed by atoms with Gasteiger partial charge in [-0.15, -0.1) is 0 Å². The maximum Gasteiger partial charge on any atom is 0.279 e. The summed E-state index contributed by atoms with van der Waals surface area (Å²) in [5.74, 6) is -0.181.